The number of hydrogen-bond acceptors (Lipinski definition) is 2. The first-order valence-corrected chi connectivity index (χ1v) is 8.51. The van der Waals surface area contributed by atoms with Crippen molar-refractivity contribution in [3.63, 3.8) is 0 Å². The minimum Gasteiger partial charge on any atom is -0.488 e. The van der Waals surface area contributed by atoms with Crippen molar-refractivity contribution >= 4 is 0 Å². The smallest absolute Gasteiger partial charge is 0.123 e. The van der Waals surface area contributed by atoms with E-state index in [-0.39, 0.29) is 0 Å². The quantitative estimate of drug-likeness (QED) is 0.851. The molecule has 1 aromatic rings. The summed E-state index contributed by atoms with van der Waals surface area (Å²) in [6.45, 7) is 12.2. The Balaban J connectivity index is 2.19. The third-order valence-electron chi connectivity index (χ3n) is 4.59. The van der Waals surface area contributed by atoms with Crippen LogP contribution in [0.25, 0.3) is 0 Å². The first kappa shape index (κ1) is 16.4. The standard InChI is InChI=1S/C19H31NO/c1-6-20-17-10-8-15(5)12-19(17)21-18-11-14(4)7-9-16(18)13(2)3/h7,9,11,13,15,17,19-20H,6,8,10,12H2,1-5H3. The molecule has 21 heavy (non-hydrogen) atoms. The lowest BCUT2D eigenvalue weighted by atomic mass is 9.85. The maximum Gasteiger partial charge on any atom is 0.123 e. The summed E-state index contributed by atoms with van der Waals surface area (Å²) in [4.78, 5) is 0. The van der Waals surface area contributed by atoms with Crippen LogP contribution >= 0.6 is 0 Å². The topological polar surface area (TPSA) is 21.3 Å². The van der Waals surface area contributed by atoms with Gasteiger partial charge in [-0.05, 0) is 61.8 Å². The molecule has 0 spiro atoms. The molecule has 1 saturated carbocycles. The number of benzene rings is 1. The fourth-order valence-corrected chi connectivity index (χ4v) is 3.34. The number of ether oxygens (including phenoxy) is 1. The van der Waals surface area contributed by atoms with Gasteiger partial charge in [0.25, 0.3) is 0 Å². The Morgan fingerprint density at radius 3 is 2.71 bits per heavy atom. The minimum atomic E-state index is 0.299. The van der Waals surface area contributed by atoms with Crippen molar-refractivity contribution in [2.75, 3.05) is 6.54 Å². The average Bonchev–Trinajstić information content (AvgIpc) is 2.42. The summed E-state index contributed by atoms with van der Waals surface area (Å²) in [5.74, 6) is 2.35. The molecule has 3 unspecified atom stereocenters. The summed E-state index contributed by atoms with van der Waals surface area (Å²) in [5.41, 5.74) is 2.60. The highest BCUT2D eigenvalue weighted by molar-refractivity contribution is 5.39. The van der Waals surface area contributed by atoms with E-state index >= 15 is 0 Å². The van der Waals surface area contributed by atoms with E-state index in [0.717, 1.165) is 24.6 Å². The molecule has 1 aliphatic rings. The van der Waals surface area contributed by atoms with Crippen molar-refractivity contribution in [1.82, 2.24) is 5.32 Å². The molecule has 0 bridgehead atoms. The van der Waals surface area contributed by atoms with Crippen molar-refractivity contribution in [2.24, 2.45) is 5.92 Å². The lowest BCUT2D eigenvalue weighted by Gasteiger charge is -2.36. The summed E-state index contributed by atoms with van der Waals surface area (Å²) in [5, 5.41) is 3.61. The molecule has 0 amide bonds. The van der Waals surface area contributed by atoms with Gasteiger partial charge in [-0.1, -0.05) is 39.8 Å². The molecule has 0 heterocycles. The first-order valence-electron chi connectivity index (χ1n) is 8.51. The van der Waals surface area contributed by atoms with E-state index in [9.17, 15) is 0 Å². The minimum absolute atomic E-state index is 0.299. The largest absolute Gasteiger partial charge is 0.488 e. The second-order valence-corrected chi connectivity index (χ2v) is 6.93. The van der Waals surface area contributed by atoms with Gasteiger partial charge in [0.2, 0.25) is 0 Å². The van der Waals surface area contributed by atoms with Gasteiger partial charge >= 0.3 is 0 Å². The van der Waals surface area contributed by atoms with Crippen molar-refractivity contribution < 1.29 is 4.74 Å². The third kappa shape index (κ3) is 4.23. The lowest BCUT2D eigenvalue weighted by molar-refractivity contribution is 0.0904. The van der Waals surface area contributed by atoms with Crippen LogP contribution in [0.15, 0.2) is 18.2 Å². The molecular weight excluding hydrogens is 258 g/mol. The van der Waals surface area contributed by atoms with Gasteiger partial charge in [-0.15, -0.1) is 0 Å². The Kier molecular flexibility index (Phi) is 5.69. The van der Waals surface area contributed by atoms with Crippen molar-refractivity contribution in [1.29, 1.82) is 0 Å². The second kappa shape index (κ2) is 7.31. The molecule has 0 aromatic heterocycles. The van der Waals surface area contributed by atoms with E-state index < -0.39 is 0 Å². The Bertz CT molecular complexity index is 455. The molecule has 0 aliphatic heterocycles. The SMILES string of the molecule is CCNC1CCC(C)CC1Oc1cc(C)ccc1C(C)C. The van der Waals surface area contributed by atoms with Gasteiger partial charge in [0.05, 0.1) is 0 Å². The van der Waals surface area contributed by atoms with Crippen LogP contribution < -0.4 is 10.1 Å². The highest BCUT2D eigenvalue weighted by atomic mass is 16.5. The molecule has 2 heteroatoms. The lowest BCUT2D eigenvalue weighted by Crippen LogP contribution is -2.46. The van der Waals surface area contributed by atoms with Crippen LogP contribution in [0.5, 0.6) is 5.75 Å². The van der Waals surface area contributed by atoms with E-state index in [1.807, 2.05) is 0 Å². The normalized spacial score (nSPS) is 26.1. The van der Waals surface area contributed by atoms with Gasteiger partial charge in [-0.2, -0.15) is 0 Å². The number of aryl methyl sites for hydroxylation is 1. The van der Waals surface area contributed by atoms with Gasteiger partial charge in [-0.25, -0.2) is 0 Å². The molecule has 118 valence electrons. The third-order valence-corrected chi connectivity index (χ3v) is 4.59. The Morgan fingerprint density at radius 2 is 2.05 bits per heavy atom. The highest BCUT2D eigenvalue weighted by Gasteiger charge is 2.30. The Hall–Kier alpha value is -1.02. The summed E-state index contributed by atoms with van der Waals surface area (Å²) >= 11 is 0. The molecule has 2 rings (SSSR count). The van der Waals surface area contributed by atoms with Crippen LogP contribution in [0.4, 0.5) is 0 Å². The van der Waals surface area contributed by atoms with E-state index in [1.165, 1.54) is 24.0 Å². The van der Waals surface area contributed by atoms with Crippen LogP contribution in [-0.2, 0) is 0 Å². The molecule has 0 saturated heterocycles. The van der Waals surface area contributed by atoms with E-state index in [1.54, 1.807) is 0 Å². The van der Waals surface area contributed by atoms with Crippen molar-refractivity contribution in [3.8, 4) is 5.75 Å². The zero-order chi connectivity index (χ0) is 15.4. The van der Waals surface area contributed by atoms with Gasteiger partial charge in [0, 0.05) is 6.04 Å². The number of nitrogens with one attached hydrogen (secondary N) is 1. The maximum absolute atomic E-state index is 6.50. The molecular formula is C19H31NO. The fraction of sp³-hybridized carbons (Fsp3) is 0.684. The Labute approximate surface area is 130 Å². The highest BCUT2D eigenvalue weighted by Crippen LogP contribution is 2.32. The summed E-state index contributed by atoms with van der Waals surface area (Å²) in [6.07, 6.45) is 3.99. The summed E-state index contributed by atoms with van der Waals surface area (Å²) in [6, 6.07) is 7.11. The van der Waals surface area contributed by atoms with Crippen LogP contribution in [0.1, 0.15) is 64.0 Å². The summed E-state index contributed by atoms with van der Waals surface area (Å²) < 4.78 is 6.50. The van der Waals surface area contributed by atoms with Gasteiger partial charge in [0.1, 0.15) is 11.9 Å². The molecule has 0 radical (unpaired) electrons. The molecule has 2 nitrogen and oxygen atoms in total. The molecule has 1 fully saturated rings. The van der Waals surface area contributed by atoms with Crippen LogP contribution in [0, 0.1) is 12.8 Å². The predicted octanol–water partition coefficient (Wildman–Crippen LogP) is 4.66. The van der Waals surface area contributed by atoms with Crippen molar-refractivity contribution in [2.45, 2.75) is 71.9 Å². The molecule has 1 N–H and O–H groups in total. The summed E-state index contributed by atoms with van der Waals surface area (Å²) in [7, 11) is 0. The second-order valence-electron chi connectivity index (χ2n) is 6.93. The zero-order valence-electron chi connectivity index (χ0n) is 14.3. The predicted molar refractivity (Wildman–Crippen MR) is 90.2 cm³/mol. The van der Waals surface area contributed by atoms with Gasteiger partial charge in [-0.3, -0.25) is 0 Å². The zero-order valence-corrected chi connectivity index (χ0v) is 14.3. The van der Waals surface area contributed by atoms with E-state index in [4.69, 9.17) is 4.74 Å². The average molecular weight is 289 g/mol. The fourth-order valence-electron chi connectivity index (χ4n) is 3.34. The first-order chi connectivity index (χ1) is 10.0. The monoisotopic (exact) mass is 289 g/mol. The number of rotatable bonds is 5. The number of likely N-dealkylation sites (N-methyl/N-ethyl adjacent to an activating group) is 1. The molecule has 1 aliphatic carbocycles. The van der Waals surface area contributed by atoms with Gasteiger partial charge in [0.15, 0.2) is 0 Å². The number of hydrogen-bond donors (Lipinski definition) is 1. The molecule has 3 atom stereocenters. The van der Waals surface area contributed by atoms with E-state index in [2.05, 4.69) is 58.1 Å². The molecule has 1 aromatic carbocycles. The van der Waals surface area contributed by atoms with Crippen LogP contribution in [0.3, 0.4) is 0 Å². The van der Waals surface area contributed by atoms with Gasteiger partial charge < -0.3 is 10.1 Å². The maximum atomic E-state index is 6.50. The Morgan fingerprint density at radius 1 is 1.29 bits per heavy atom. The van der Waals surface area contributed by atoms with Crippen LogP contribution in [0.2, 0.25) is 0 Å². The van der Waals surface area contributed by atoms with Crippen molar-refractivity contribution in [3.05, 3.63) is 29.3 Å². The van der Waals surface area contributed by atoms with Crippen LogP contribution in [-0.4, -0.2) is 18.7 Å². The van der Waals surface area contributed by atoms with E-state index in [0.29, 0.717) is 18.1 Å².